The van der Waals surface area contributed by atoms with Crippen LogP contribution in [-0.2, 0) is 20.8 Å². The Bertz CT molecular complexity index is 735. The maximum Gasteiger partial charge on any atom is 0.225 e. The number of piperidine rings is 2. The van der Waals surface area contributed by atoms with Gasteiger partial charge in [0.25, 0.3) is 0 Å². The van der Waals surface area contributed by atoms with Gasteiger partial charge in [0.1, 0.15) is 5.82 Å². The average Bonchev–Trinajstić information content (AvgIpc) is 2.72. The van der Waals surface area contributed by atoms with Gasteiger partial charge in [0.15, 0.2) is 0 Å². The van der Waals surface area contributed by atoms with Crippen LogP contribution in [0, 0.1) is 11.8 Å². The summed E-state index contributed by atoms with van der Waals surface area (Å²) in [5.74, 6) is 1.57. The predicted octanol–water partition coefficient (Wildman–Crippen LogP) is 2.47. The second-order valence-corrected chi connectivity index (χ2v) is 8.32. The van der Waals surface area contributed by atoms with E-state index in [2.05, 4.69) is 10.3 Å². The molecular weight excluding hydrogens is 368 g/mol. The first kappa shape index (κ1) is 21.3. The molecule has 1 aromatic heterocycles. The van der Waals surface area contributed by atoms with E-state index in [4.69, 9.17) is 0 Å². The van der Waals surface area contributed by atoms with E-state index in [1.165, 1.54) is 12.5 Å². The van der Waals surface area contributed by atoms with Gasteiger partial charge in [-0.25, -0.2) is 4.98 Å². The molecule has 7 nitrogen and oxygen atoms in total. The van der Waals surface area contributed by atoms with Crippen LogP contribution in [0.4, 0.5) is 5.82 Å². The van der Waals surface area contributed by atoms with E-state index >= 15 is 0 Å². The second kappa shape index (κ2) is 9.85. The van der Waals surface area contributed by atoms with Crippen molar-refractivity contribution < 1.29 is 14.4 Å². The minimum atomic E-state index is -0.112. The number of carbonyl (C=O) groups is 3. The van der Waals surface area contributed by atoms with Gasteiger partial charge in [-0.3, -0.25) is 14.4 Å². The van der Waals surface area contributed by atoms with Crippen LogP contribution < -0.4 is 5.32 Å². The molecule has 2 aliphatic rings. The van der Waals surface area contributed by atoms with Gasteiger partial charge in [-0.1, -0.05) is 0 Å². The summed E-state index contributed by atoms with van der Waals surface area (Å²) in [6, 6.07) is 3.94. The van der Waals surface area contributed by atoms with Crippen LogP contribution in [0.3, 0.4) is 0 Å². The summed E-state index contributed by atoms with van der Waals surface area (Å²) in [5.41, 5.74) is 1.18. The molecule has 0 aromatic carbocycles. The molecule has 0 atom stereocenters. The fraction of sp³-hybridized carbons (Fsp3) is 0.636. The van der Waals surface area contributed by atoms with Crippen molar-refractivity contribution in [1.82, 2.24) is 14.8 Å². The number of hydrogen-bond acceptors (Lipinski definition) is 4. The minimum absolute atomic E-state index is 0.0752. The number of amides is 3. The number of rotatable bonds is 5. The second-order valence-electron chi connectivity index (χ2n) is 8.32. The Morgan fingerprint density at radius 1 is 1.03 bits per heavy atom. The molecule has 0 aliphatic carbocycles. The van der Waals surface area contributed by atoms with Gasteiger partial charge in [-0.2, -0.15) is 0 Å². The molecule has 3 heterocycles. The lowest BCUT2D eigenvalue weighted by Gasteiger charge is -2.37. The summed E-state index contributed by atoms with van der Waals surface area (Å²) in [4.78, 5) is 43.5. The van der Waals surface area contributed by atoms with Crippen LogP contribution in [0.1, 0.15) is 51.5 Å². The van der Waals surface area contributed by atoms with Gasteiger partial charge >= 0.3 is 0 Å². The topological polar surface area (TPSA) is 82.6 Å². The molecule has 2 fully saturated rings. The first-order chi connectivity index (χ1) is 13.9. The lowest BCUT2D eigenvalue weighted by atomic mass is 9.89. The Hall–Kier alpha value is -2.44. The number of pyridine rings is 1. The van der Waals surface area contributed by atoms with E-state index in [1.807, 2.05) is 21.9 Å². The highest BCUT2D eigenvalue weighted by Crippen LogP contribution is 2.26. The van der Waals surface area contributed by atoms with Crippen molar-refractivity contribution in [3.8, 4) is 0 Å². The van der Waals surface area contributed by atoms with Crippen LogP contribution in [0.25, 0.3) is 0 Å². The van der Waals surface area contributed by atoms with Crippen molar-refractivity contribution in [1.29, 1.82) is 0 Å². The molecule has 2 aliphatic heterocycles. The standard InChI is InChI=1S/C22H32N4O3/c1-16(27)24-21-15-19(5-10-23-21)4-3-18-6-11-26(12-7-18)22(29)20-8-13-25(14-9-20)17(2)28/h5,10,15,18,20H,3-4,6-9,11-14H2,1-2H3,(H,23,24,27). The zero-order chi connectivity index (χ0) is 20.8. The first-order valence-corrected chi connectivity index (χ1v) is 10.7. The van der Waals surface area contributed by atoms with E-state index in [0.717, 1.165) is 51.6 Å². The molecule has 0 radical (unpaired) electrons. The Labute approximate surface area is 172 Å². The van der Waals surface area contributed by atoms with Crippen molar-refractivity contribution in [2.24, 2.45) is 11.8 Å². The molecule has 7 heteroatoms. The molecule has 0 saturated carbocycles. The van der Waals surface area contributed by atoms with Crippen LogP contribution in [-0.4, -0.2) is 58.7 Å². The van der Waals surface area contributed by atoms with Crippen LogP contribution in [0.2, 0.25) is 0 Å². The minimum Gasteiger partial charge on any atom is -0.343 e. The number of anilines is 1. The zero-order valence-electron chi connectivity index (χ0n) is 17.5. The van der Waals surface area contributed by atoms with E-state index in [-0.39, 0.29) is 23.6 Å². The summed E-state index contributed by atoms with van der Waals surface area (Å²) in [6.45, 7) is 6.16. The zero-order valence-corrected chi connectivity index (χ0v) is 17.5. The highest BCUT2D eigenvalue weighted by molar-refractivity contribution is 5.87. The van der Waals surface area contributed by atoms with Crippen LogP contribution in [0.15, 0.2) is 18.3 Å². The number of nitrogens with zero attached hydrogens (tertiary/aromatic N) is 3. The smallest absolute Gasteiger partial charge is 0.225 e. The molecule has 3 rings (SSSR count). The molecule has 1 aromatic rings. The summed E-state index contributed by atoms with van der Waals surface area (Å²) in [7, 11) is 0. The number of hydrogen-bond donors (Lipinski definition) is 1. The third-order valence-electron chi connectivity index (χ3n) is 6.19. The Morgan fingerprint density at radius 2 is 1.69 bits per heavy atom. The summed E-state index contributed by atoms with van der Waals surface area (Å²) >= 11 is 0. The molecule has 0 unspecified atom stereocenters. The largest absolute Gasteiger partial charge is 0.343 e. The summed E-state index contributed by atoms with van der Waals surface area (Å²) in [6.07, 6.45) is 7.44. The molecular formula is C22H32N4O3. The highest BCUT2D eigenvalue weighted by atomic mass is 16.2. The van der Waals surface area contributed by atoms with Crippen LogP contribution in [0.5, 0.6) is 0 Å². The molecule has 2 saturated heterocycles. The van der Waals surface area contributed by atoms with Crippen molar-refractivity contribution in [3.63, 3.8) is 0 Å². The molecule has 29 heavy (non-hydrogen) atoms. The fourth-order valence-corrected chi connectivity index (χ4v) is 4.39. The van der Waals surface area contributed by atoms with Gasteiger partial charge in [-0.05, 0) is 62.1 Å². The lowest BCUT2D eigenvalue weighted by Crippen LogP contribution is -2.46. The van der Waals surface area contributed by atoms with Crippen molar-refractivity contribution in [2.75, 3.05) is 31.5 Å². The molecule has 3 amide bonds. The monoisotopic (exact) mass is 400 g/mol. The highest BCUT2D eigenvalue weighted by Gasteiger charge is 2.31. The number of aromatic nitrogens is 1. The predicted molar refractivity (Wildman–Crippen MR) is 111 cm³/mol. The van der Waals surface area contributed by atoms with Gasteiger partial charge in [0, 0.05) is 52.1 Å². The van der Waals surface area contributed by atoms with Crippen molar-refractivity contribution in [2.45, 2.75) is 52.4 Å². The maximum atomic E-state index is 12.8. The Morgan fingerprint density at radius 3 is 2.31 bits per heavy atom. The van der Waals surface area contributed by atoms with Gasteiger partial charge in [0.2, 0.25) is 17.7 Å². The average molecular weight is 401 g/mol. The normalized spacial score (nSPS) is 18.6. The number of nitrogens with one attached hydrogen (secondary N) is 1. The van der Waals surface area contributed by atoms with Gasteiger partial charge in [0.05, 0.1) is 0 Å². The SMILES string of the molecule is CC(=O)Nc1cc(CCC2CCN(C(=O)C3CCN(C(C)=O)CC3)CC2)ccn1. The molecule has 1 N–H and O–H groups in total. The van der Waals surface area contributed by atoms with Crippen molar-refractivity contribution >= 4 is 23.5 Å². The number of carbonyl (C=O) groups excluding carboxylic acids is 3. The Kier molecular flexibility index (Phi) is 7.23. The van der Waals surface area contributed by atoms with Gasteiger partial charge in [-0.15, -0.1) is 0 Å². The van der Waals surface area contributed by atoms with Crippen LogP contribution >= 0.6 is 0 Å². The first-order valence-electron chi connectivity index (χ1n) is 10.7. The third kappa shape index (κ3) is 6.02. The molecule has 0 spiro atoms. The summed E-state index contributed by atoms with van der Waals surface area (Å²) in [5, 5.41) is 2.73. The third-order valence-corrected chi connectivity index (χ3v) is 6.19. The van der Waals surface area contributed by atoms with E-state index in [9.17, 15) is 14.4 Å². The van der Waals surface area contributed by atoms with E-state index in [1.54, 1.807) is 13.1 Å². The molecule has 158 valence electrons. The summed E-state index contributed by atoms with van der Waals surface area (Å²) < 4.78 is 0. The van der Waals surface area contributed by atoms with Crippen molar-refractivity contribution in [3.05, 3.63) is 23.9 Å². The van der Waals surface area contributed by atoms with Gasteiger partial charge < -0.3 is 15.1 Å². The molecule has 0 bridgehead atoms. The van der Waals surface area contributed by atoms with E-state index < -0.39 is 0 Å². The lowest BCUT2D eigenvalue weighted by molar-refractivity contribution is -0.141. The Balaban J connectivity index is 1.41. The fourth-order valence-electron chi connectivity index (χ4n) is 4.39. The maximum absolute atomic E-state index is 12.8. The number of likely N-dealkylation sites (tertiary alicyclic amines) is 2. The van der Waals surface area contributed by atoms with E-state index in [0.29, 0.717) is 24.8 Å². The number of aryl methyl sites for hydroxylation is 1. The quantitative estimate of drug-likeness (QED) is 0.823.